The summed E-state index contributed by atoms with van der Waals surface area (Å²) < 4.78 is 0. The Kier molecular flexibility index (Phi) is 9.51. The van der Waals surface area contributed by atoms with Crippen molar-refractivity contribution in [3.05, 3.63) is 186 Å². The summed E-state index contributed by atoms with van der Waals surface area (Å²) in [5.41, 5.74) is 12.4. The van der Waals surface area contributed by atoms with E-state index in [1.807, 2.05) is 36.4 Å². The summed E-state index contributed by atoms with van der Waals surface area (Å²) in [6.07, 6.45) is 4.45. The minimum absolute atomic E-state index is 0.508. The molecule has 2 heteroatoms. The second-order valence-electron chi connectivity index (χ2n) is 10.6. The molecular weight excluding hydrogens is 520 g/mol. The van der Waals surface area contributed by atoms with Gasteiger partial charge in [-0.1, -0.05) is 140 Å². The predicted octanol–water partition coefficient (Wildman–Crippen LogP) is 10.5. The quantitative estimate of drug-likeness (QED) is 0.0980. The first-order valence-corrected chi connectivity index (χ1v) is 14.5. The Labute approximate surface area is 255 Å². The van der Waals surface area contributed by atoms with Crippen molar-refractivity contribution in [3.8, 4) is 11.1 Å². The summed E-state index contributed by atoms with van der Waals surface area (Å²) in [6, 6.07) is 46.1. The zero-order valence-corrected chi connectivity index (χ0v) is 24.9. The van der Waals surface area contributed by atoms with Gasteiger partial charge < -0.3 is 0 Å². The van der Waals surface area contributed by atoms with Crippen LogP contribution in [0.25, 0.3) is 27.8 Å². The SMILES string of the molecule is C=NC(=NCc1cccc(C(=C)/C=C(\C=C(/C)c2ccccc2C)c2ccc(-c3ccccc3)cc2)c1)c1ccccc1. The standard InChI is InChI=1S/C41H36N2/c1-30-14-11-12-21-40(30)32(3)27-39(36-24-22-35(23-25-36)34-16-7-5-8-17-34)26-31(2)38-20-13-15-33(28-38)29-43-41(42-4)37-18-9-6-10-19-37/h5-28H,2,4,29H2,1,3H3/b32-27+,39-26+,43-41?. The van der Waals surface area contributed by atoms with E-state index in [-0.39, 0.29) is 0 Å². The number of rotatable bonds is 9. The van der Waals surface area contributed by atoms with Gasteiger partial charge in [0.2, 0.25) is 0 Å². The number of aryl methyl sites for hydroxylation is 1. The number of allylic oxidation sites excluding steroid dienone is 5. The maximum atomic E-state index is 4.74. The maximum absolute atomic E-state index is 4.74. The molecule has 0 spiro atoms. The van der Waals surface area contributed by atoms with E-state index < -0.39 is 0 Å². The lowest BCUT2D eigenvalue weighted by molar-refractivity contribution is 1.06. The molecule has 0 aliphatic rings. The van der Waals surface area contributed by atoms with Gasteiger partial charge in [-0.2, -0.15) is 0 Å². The molecule has 43 heavy (non-hydrogen) atoms. The minimum Gasteiger partial charge on any atom is -0.261 e. The third-order valence-corrected chi connectivity index (χ3v) is 7.49. The second kappa shape index (κ2) is 14.0. The van der Waals surface area contributed by atoms with E-state index in [2.05, 4.69) is 141 Å². The number of benzene rings is 5. The summed E-state index contributed by atoms with van der Waals surface area (Å²) in [7, 11) is 0. The van der Waals surface area contributed by atoms with E-state index in [9.17, 15) is 0 Å². The van der Waals surface area contributed by atoms with E-state index in [0.29, 0.717) is 12.4 Å². The molecule has 210 valence electrons. The molecule has 0 radical (unpaired) electrons. The fourth-order valence-electron chi connectivity index (χ4n) is 5.15. The average molecular weight is 557 g/mol. The van der Waals surface area contributed by atoms with Gasteiger partial charge >= 0.3 is 0 Å². The van der Waals surface area contributed by atoms with Gasteiger partial charge in [-0.05, 0) is 88.4 Å². The molecule has 5 rings (SSSR count). The molecule has 5 aromatic rings. The van der Waals surface area contributed by atoms with Crippen molar-refractivity contribution in [3.63, 3.8) is 0 Å². The Hall–Kier alpha value is -5.34. The monoisotopic (exact) mass is 556 g/mol. The van der Waals surface area contributed by atoms with Crippen LogP contribution in [0, 0.1) is 6.92 Å². The number of aliphatic imine (C=N–C) groups is 2. The summed E-state index contributed by atoms with van der Waals surface area (Å²) in [6.45, 7) is 13.0. The number of nitrogens with zero attached hydrogens (tertiary/aromatic N) is 2. The molecule has 0 aromatic heterocycles. The molecule has 0 atom stereocenters. The Morgan fingerprint density at radius 3 is 1.98 bits per heavy atom. The van der Waals surface area contributed by atoms with Gasteiger partial charge in [0.05, 0.1) is 6.54 Å². The van der Waals surface area contributed by atoms with Crippen LogP contribution >= 0.6 is 0 Å². The first kappa shape index (κ1) is 29.2. The molecular formula is C41H36N2. The van der Waals surface area contributed by atoms with E-state index in [1.165, 1.54) is 27.8 Å². The molecule has 5 aromatic carbocycles. The minimum atomic E-state index is 0.508. The van der Waals surface area contributed by atoms with Crippen molar-refractivity contribution in [1.82, 2.24) is 0 Å². The van der Waals surface area contributed by atoms with Crippen LogP contribution < -0.4 is 0 Å². The summed E-state index contributed by atoms with van der Waals surface area (Å²) in [5, 5.41) is 0. The highest BCUT2D eigenvalue weighted by atomic mass is 14.9. The van der Waals surface area contributed by atoms with Gasteiger partial charge in [0, 0.05) is 5.56 Å². The van der Waals surface area contributed by atoms with Crippen molar-refractivity contribution in [2.75, 3.05) is 0 Å². The van der Waals surface area contributed by atoms with Crippen molar-refractivity contribution in [2.45, 2.75) is 20.4 Å². The van der Waals surface area contributed by atoms with Gasteiger partial charge in [0.25, 0.3) is 0 Å². The van der Waals surface area contributed by atoms with Gasteiger partial charge in [0.1, 0.15) is 0 Å². The van der Waals surface area contributed by atoms with Crippen LogP contribution in [0.5, 0.6) is 0 Å². The van der Waals surface area contributed by atoms with Crippen LogP contribution in [0.2, 0.25) is 0 Å². The van der Waals surface area contributed by atoms with Crippen LogP contribution in [0.4, 0.5) is 0 Å². The van der Waals surface area contributed by atoms with Crippen molar-refractivity contribution in [2.24, 2.45) is 9.98 Å². The van der Waals surface area contributed by atoms with Gasteiger partial charge in [-0.3, -0.25) is 4.99 Å². The lowest BCUT2D eigenvalue weighted by Gasteiger charge is -2.12. The average Bonchev–Trinajstić information content (AvgIpc) is 3.06. The summed E-state index contributed by atoms with van der Waals surface area (Å²) in [5.74, 6) is 0.641. The highest BCUT2D eigenvalue weighted by Gasteiger charge is 2.08. The third-order valence-electron chi connectivity index (χ3n) is 7.49. The predicted molar refractivity (Wildman–Crippen MR) is 186 cm³/mol. The smallest absolute Gasteiger partial charge is 0.154 e. The zero-order valence-electron chi connectivity index (χ0n) is 24.9. The Bertz CT molecular complexity index is 1810. The van der Waals surface area contributed by atoms with Crippen LogP contribution in [0.15, 0.2) is 162 Å². The van der Waals surface area contributed by atoms with E-state index in [1.54, 1.807) is 0 Å². The Morgan fingerprint density at radius 1 is 0.651 bits per heavy atom. The summed E-state index contributed by atoms with van der Waals surface area (Å²) in [4.78, 5) is 8.89. The molecule has 0 N–H and O–H groups in total. The second-order valence-corrected chi connectivity index (χ2v) is 10.6. The lowest BCUT2D eigenvalue weighted by Crippen LogP contribution is -1.97. The molecule has 0 aliphatic carbocycles. The van der Waals surface area contributed by atoms with Crippen molar-refractivity contribution in [1.29, 1.82) is 0 Å². The number of hydrogen-bond acceptors (Lipinski definition) is 1. The molecule has 0 saturated carbocycles. The molecule has 0 heterocycles. The highest BCUT2D eigenvalue weighted by molar-refractivity contribution is 6.01. The normalized spacial score (nSPS) is 12.2. The summed E-state index contributed by atoms with van der Waals surface area (Å²) >= 11 is 0. The Balaban J connectivity index is 1.47. The number of amidine groups is 1. The largest absolute Gasteiger partial charge is 0.261 e. The first-order chi connectivity index (χ1) is 21.0. The molecule has 0 fully saturated rings. The number of hydrogen-bond donors (Lipinski definition) is 0. The highest BCUT2D eigenvalue weighted by Crippen LogP contribution is 2.29. The van der Waals surface area contributed by atoms with Crippen LogP contribution in [-0.2, 0) is 6.54 Å². The molecule has 0 unspecified atom stereocenters. The van der Waals surface area contributed by atoms with Gasteiger partial charge in [-0.25, -0.2) is 4.99 Å². The fraction of sp³-hybridized carbons (Fsp3) is 0.0732. The molecule has 0 aliphatic heterocycles. The van der Waals surface area contributed by atoms with Crippen LogP contribution in [-0.4, -0.2) is 12.6 Å². The van der Waals surface area contributed by atoms with E-state index >= 15 is 0 Å². The van der Waals surface area contributed by atoms with Gasteiger partial charge in [0.15, 0.2) is 5.84 Å². The van der Waals surface area contributed by atoms with Crippen LogP contribution in [0.1, 0.15) is 40.3 Å². The molecule has 0 saturated heterocycles. The van der Waals surface area contributed by atoms with Crippen molar-refractivity contribution < 1.29 is 0 Å². The Morgan fingerprint density at radius 2 is 1.28 bits per heavy atom. The van der Waals surface area contributed by atoms with E-state index in [0.717, 1.165) is 33.4 Å². The van der Waals surface area contributed by atoms with Crippen molar-refractivity contribution >= 4 is 29.3 Å². The molecule has 0 amide bonds. The maximum Gasteiger partial charge on any atom is 0.154 e. The lowest BCUT2D eigenvalue weighted by atomic mass is 9.93. The third kappa shape index (κ3) is 7.49. The molecule has 0 bridgehead atoms. The topological polar surface area (TPSA) is 24.7 Å². The molecule has 2 nitrogen and oxygen atoms in total. The fourth-order valence-corrected chi connectivity index (χ4v) is 5.15. The first-order valence-electron chi connectivity index (χ1n) is 14.5. The van der Waals surface area contributed by atoms with Gasteiger partial charge in [-0.15, -0.1) is 0 Å². The zero-order chi connectivity index (χ0) is 30.0. The van der Waals surface area contributed by atoms with Crippen LogP contribution in [0.3, 0.4) is 0 Å². The van der Waals surface area contributed by atoms with E-state index in [4.69, 9.17) is 4.99 Å².